The van der Waals surface area contributed by atoms with E-state index in [1.165, 1.54) is 5.56 Å². The number of carbonyl (C=O) groups excluding carboxylic acids is 1. The molecule has 0 aliphatic carbocycles. The summed E-state index contributed by atoms with van der Waals surface area (Å²) in [5, 5.41) is 10.4. The molecule has 0 radical (unpaired) electrons. The zero-order valence-electron chi connectivity index (χ0n) is 12.9. The van der Waals surface area contributed by atoms with Gasteiger partial charge in [-0.1, -0.05) is 35.9 Å². The highest BCUT2D eigenvalue weighted by atomic mass is 35.5. The minimum absolute atomic E-state index is 0.237. The van der Waals surface area contributed by atoms with E-state index in [1.807, 2.05) is 50.2 Å². The van der Waals surface area contributed by atoms with Crippen molar-refractivity contribution in [3.63, 3.8) is 0 Å². The van der Waals surface area contributed by atoms with E-state index < -0.39 is 0 Å². The molecule has 1 aromatic heterocycles. The van der Waals surface area contributed by atoms with Crippen LogP contribution in [0.4, 0.5) is 5.69 Å². The molecule has 1 amide bonds. The molecule has 2 N–H and O–H groups in total. The van der Waals surface area contributed by atoms with E-state index in [9.17, 15) is 4.79 Å². The molecule has 0 aliphatic heterocycles. The summed E-state index contributed by atoms with van der Waals surface area (Å²) < 4.78 is 0. The van der Waals surface area contributed by atoms with Crippen molar-refractivity contribution in [1.29, 1.82) is 0 Å². The molecule has 5 heteroatoms. The van der Waals surface area contributed by atoms with Crippen LogP contribution in [0.3, 0.4) is 0 Å². The Morgan fingerprint density at radius 3 is 2.61 bits per heavy atom. The first kappa shape index (κ1) is 15.3. The third-order valence-electron chi connectivity index (χ3n) is 3.74. The predicted octanol–water partition coefficient (Wildman–Crippen LogP) is 4.60. The van der Waals surface area contributed by atoms with Crippen LogP contribution in [0.1, 0.15) is 21.6 Å². The number of rotatable bonds is 3. The number of amides is 1. The molecule has 0 spiro atoms. The van der Waals surface area contributed by atoms with Gasteiger partial charge in [-0.3, -0.25) is 9.89 Å². The van der Waals surface area contributed by atoms with Crippen LogP contribution in [0.25, 0.3) is 11.3 Å². The van der Waals surface area contributed by atoms with Gasteiger partial charge in [0.2, 0.25) is 0 Å². The number of aromatic amines is 1. The summed E-state index contributed by atoms with van der Waals surface area (Å²) in [6.45, 7) is 4.04. The van der Waals surface area contributed by atoms with E-state index in [4.69, 9.17) is 11.6 Å². The molecule has 0 fully saturated rings. The fraction of sp³-hybridized carbons (Fsp3) is 0.111. The first-order chi connectivity index (χ1) is 11.0. The minimum atomic E-state index is -0.237. The Labute approximate surface area is 139 Å². The zero-order chi connectivity index (χ0) is 16.4. The summed E-state index contributed by atoms with van der Waals surface area (Å²) in [5.74, 6) is -0.237. The molecule has 3 aromatic rings. The number of benzene rings is 2. The monoisotopic (exact) mass is 325 g/mol. The highest BCUT2D eigenvalue weighted by molar-refractivity contribution is 6.33. The van der Waals surface area contributed by atoms with Crippen LogP contribution in [0.2, 0.25) is 5.02 Å². The summed E-state index contributed by atoms with van der Waals surface area (Å²) >= 11 is 6.16. The van der Waals surface area contributed by atoms with Gasteiger partial charge in [0.05, 0.1) is 10.7 Å². The second-order valence-electron chi connectivity index (χ2n) is 5.40. The standard InChI is InChI=1S/C18H16ClN3O/c1-11-7-8-13(9-12(11)2)20-18(23)17-10-16(21-22-17)14-5-3-4-6-15(14)19/h3-10H,1-2H3,(H,20,23)(H,21,22). The summed E-state index contributed by atoms with van der Waals surface area (Å²) in [4.78, 5) is 12.3. The number of anilines is 1. The first-order valence-corrected chi connectivity index (χ1v) is 7.61. The van der Waals surface area contributed by atoms with Crippen LogP contribution in [-0.2, 0) is 0 Å². The summed E-state index contributed by atoms with van der Waals surface area (Å²) in [6.07, 6.45) is 0. The summed E-state index contributed by atoms with van der Waals surface area (Å²) in [7, 11) is 0. The van der Waals surface area contributed by atoms with Crippen LogP contribution in [0.15, 0.2) is 48.5 Å². The Hall–Kier alpha value is -2.59. The Balaban J connectivity index is 1.81. The van der Waals surface area contributed by atoms with Crippen LogP contribution in [-0.4, -0.2) is 16.1 Å². The van der Waals surface area contributed by atoms with E-state index in [0.29, 0.717) is 16.4 Å². The van der Waals surface area contributed by atoms with Crippen molar-refractivity contribution in [2.75, 3.05) is 5.32 Å². The van der Waals surface area contributed by atoms with Crippen molar-refractivity contribution in [2.24, 2.45) is 0 Å². The van der Waals surface area contributed by atoms with E-state index in [0.717, 1.165) is 16.8 Å². The average Bonchev–Trinajstić information content (AvgIpc) is 3.01. The number of aromatic nitrogens is 2. The van der Waals surface area contributed by atoms with Crippen molar-refractivity contribution in [3.05, 3.63) is 70.4 Å². The molecule has 2 aromatic carbocycles. The number of nitrogens with one attached hydrogen (secondary N) is 2. The SMILES string of the molecule is Cc1ccc(NC(=O)c2cc(-c3ccccc3Cl)n[nH]2)cc1C. The molecule has 116 valence electrons. The molecular formula is C18H16ClN3O. The molecular weight excluding hydrogens is 310 g/mol. The lowest BCUT2D eigenvalue weighted by atomic mass is 10.1. The lowest BCUT2D eigenvalue weighted by Gasteiger charge is -2.06. The molecule has 3 rings (SSSR count). The van der Waals surface area contributed by atoms with Crippen LogP contribution in [0, 0.1) is 13.8 Å². The highest BCUT2D eigenvalue weighted by Crippen LogP contribution is 2.26. The molecule has 0 saturated heterocycles. The summed E-state index contributed by atoms with van der Waals surface area (Å²) in [6, 6.07) is 14.9. The number of carbonyl (C=O) groups is 1. The smallest absolute Gasteiger partial charge is 0.273 e. The van der Waals surface area contributed by atoms with Gasteiger partial charge in [-0.25, -0.2) is 0 Å². The van der Waals surface area contributed by atoms with Crippen LogP contribution < -0.4 is 5.32 Å². The largest absolute Gasteiger partial charge is 0.321 e. The van der Waals surface area contributed by atoms with Gasteiger partial charge >= 0.3 is 0 Å². The topological polar surface area (TPSA) is 57.8 Å². The molecule has 0 aliphatic rings. The third-order valence-corrected chi connectivity index (χ3v) is 4.07. The Kier molecular flexibility index (Phi) is 4.17. The van der Waals surface area contributed by atoms with Gasteiger partial charge in [-0.2, -0.15) is 5.10 Å². The van der Waals surface area contributed by atoms with Gasteiger partial charge < -0.3 is 5.32 Å². The molecule has 0 saturated carbocycles. The quantitative estimate of drug-likeness (QED) is 0.739. The van der Waals surface area contributed by atoms with Gasteiger partial charge in [-0.15, -0.1) is 0 Å². The maximum Gasteiger partial charge on any atom is 0.273 e. The minimum Gasteiger partial charge on any atom is -0.321 e. The van der Waals surface area contributed by atoms with E-state index in [-0.39, 0.29) is 5.91 Å². The third kappa shape index (κ3) is 3.27. The van der Waals surface area contributed by atoms with Crippen LogP contribution in [0.5, 0.6) is 0 Å². The second-order valence-corrected chi connectivity index (χ2v) is 5.81. The van der Waals surface area contributed by atoms with E-state index in [1.54, 1.807) is 12.1 Å². The number of hydrogen-bond acceptors (Lipinski definition) is 2. The lowest BCUT2D eigenvalue weighted by Crippen LogP contribution is -2.12. The van der Waals surface area contributed by atoms with E-state index in [2.05, 4.69) is 15.5 Å². The van der Waals surface area contributed by atoms with E-state index >= 15 is 0 Å². The molecule has 4 nitrogen and oxygen atoms in total. The van der Waals surface area contributed by atoms with Gasteiger partial charge in [0.1, 0.15) is 5.69 Å². The lowest BCUT2D eigenvalue weighted by molar-refractivity contribution is 0.102. The fourth-order valence-electron chi connectivity index (χ4n) is 2.26. The van der Waals surface area contributed by atoms with Crippen molar-refractivity contribution in [3.8, 4) is 11.3 Å². The number of H-pyrrole nitrogens is 1. The van der Waals surface area contributed by atoms with Gasteiger partial charge in [0, 0.05) is 11.3 Å². The number of aryl methyl sites for hydroxylation is 2. The number of halogens is 1. The maximum atomic E-state index is 12.3. The molecule has 23 heavy (non-hydrogen) atoms. The number of nitrogens with zero attached hydrogens (tertiary/aromatic N) is 1. The Morgan fingerprint density at radius 1 is 1.09 bits per heavy atom. The van der Waals surface area contributed by atoms with Crippen LogP contribution >= 0.6 is 11.6 Å². The Morgan fingerprint density at radius 2 is 1.87 bits per heavy atom. The van der Waals surface area contributed by atoms with Crippen molar-refractivity contribution in [1.82, 2.24) is 10.2 Å². The molecule has 0 atom stereocenters. The van der Waals surface area contributed by atoms with Crippen molar-refractivity contribution >= 4 is 23.2 Å². The van der Waals surface area contributed by atoms with Gasteiger partial charge in [-0.05, 0) is 49.2 Å². The summed E-state index contributed by atoms with van der Waals surface area (Å²) in [5.41, 5.74) is 4.89. The first-order valence-electron chi connectivity index (χ1n) is 7.23. The highest BCUT2D eigenvalue weighted by Gasteiger charge is 2.13. The second kappa shape index (κ2) is 6.26. The number of hydrogen-bond donors (Lipinski definition) is 2. The normalized spacial score (nSPS) is 10.6. The van der Waals surface area contributed by atoms with Gasteiger partial charge in [0.15, 0.2) is 0 Å². The Bertz CT molecular complexity index is 870. The maximum absolute atomic E-state index is 12.3. The van der Waals surface area contributed by atoms with Gasteiger partial charge in [0.25, 0.3) is 5.91 Å². The molecule has 1 heterocycles. The molecule has 0 unspecified atom stereocenters. The fourth-order valence-corrected chi connectivity index (χ4v) is 2.50. The predicted molar refractivity (Wildman–Crippen MR) is 92.9 cm³/mol. The molecule has 0 bridgehead atoms. The van der Waals surface area contributed by atoms with Crippen molar-refractivity contribution in [2.45, 2.75) is 13.8 Å². The zero-order valence-corrected chi connectivity index (χ0v) is 13.6. The average molecular weight is 326 g/mol. The van der Waals surface area contributed by atoms with Crippen molar-refractivity contribution < 1.29 is 4.79 Å².